The predicted octanol–water partition coefficient (Wildman–Crippen LogP) is -1.50. The smallest absolute Gasteiger partial charge is 0.153 e. The summed E-state index contributed by atoms with van der Waals surface area (Å²) in [6, 6.07) is 17.9. The van der Waals surface area contributed by atoms with E-state index in [4.69, 9.17) is 20.0 Å². The van der Waals surface area contributed by atoms with Gasteiger partial charge in [0.1, 0.15) is 24.7 Å². The molecule has 2 aromatic carbocycles. The van der Waals surface area contributed by atoms with E-state index >= 15 is 0 Å². The topological polar surface area (TPSA) is 93.7 Å². The number of hydrogen-bond donors (Lipinski definition) is 1. The third-order valence-corrected chi connectivity index (χ3v) is 2.94. The van der Waals surface area contributed by atoms with Crippen molar-refractivity contribution < 1.29 is 27.6 Å². The molecule has 0 aliphatic rings. The van der Waals surface area contributed by atoms with Crippen LogP contribution in [0.15, 0.2) is 48.5 Å². The second kappa shape index (κ2) is 9.32. The number of halogens is 1. The Bertz CT molecular complexity index is 626. The van der Waals surface area contributed by atoms with Crippen molar-refractivity contribution in [3.63, 3.8) is 0 Å². The maximum atomic E-state index is 8.72. The molecule has 2 rings (SSSR count). The Kier molecular flexibility index (Phi) is 7.42. The van der Waals surface area contributed by atoms with E-state index in [9.17, 15) is 0 Å². The molecule has 0 aromatic heterocycles. The molecule has 6 heteroatoms. The summed E-state index contributed by atoms with van der Waals surface area (Å²) in [5.74, 6) is 1.40. The van der Waals surface area contributed by atoms with Gasteiger partial charge in [0.05, 0.1) is 23.3 Å². The minimum atomic E-state index is -0.0358. The van der Waals surface area contributed by atoms with Crippen molar-refractivity contribution in [3.8, 4) is 23.6 Å². The number of quaternary nitrogens is 1. The minimum absolute atomic E-state index is 0. The standard InChI is InChI=1S/C17H15N3O2.ClH/c18-9-13-1-5-16(6-2-13)21-11-15(20)12-22-17-7-3-14(10-19)4-8-17;/h1-8,15H,11-12,20H2;1H. The number of rotatable bonds is 6. The number of nitrogens with zero attached hydrogens (tertiary/aromatic N) is 2. The number of benzene rings is 2. The first-order valence-electron chi connectivity index (χ1n) is 6.80. The van der Waals surface area contributed by atoms with Gasteiger partial charge in [0.25, 0.3) is 0 Å². The highest BCUT2D eigenvalue weighted by Crippen LogP contribution is 2.13. The van der Waals surface area contributed by atoms with Crippen molar-refractivity contribution in [1.29, 1.82) is 10.5 Å². The van der Waals surface area contributed by atoms with Crippen LogP contribution in [-0.2, 0) is 0 Å². The molecule has 0 saturated heterocycles. The molecular formula is C17H16ClN3O2. The van der Waals surface area contributed by atoms with E-state index < -0.39 is 0 Å². The van der Waals surface area contributed by atoms with Crippen molar-refractivity contribution in [3.05, 3.63) is 59.7 Å². The average molecular weight is 330 g/mol. The first kappa shape index (κ1) is 18.3. The Balaban J connectivity index is 0.00000264. The summed E-state index contributed by atoms with van der Waals surface area (Å²) in [6.45, 7) is 0.838. The van der Waals surface area contributed by atoms with Crippen molar-refractivity contribution in [2.24, 2.45) is 0 Å². The molecule has 5 nitrogen and oxygen atoms in total. The molecule has 0 spiro atoms. The molecule has 0 saturated carbocycles. The Morgan fingerprint density at radius 2 is 1.13 bits per heavy atom. The molecule has 0 aliphatic heterocycles. The fourth-order valence-electron chi connectivity index (χ4n) is 1.73. The second-order valence-corrected chi connectivity index (χ2v) is 4.76. The van der Waals surface area contributed by atoms with Crippen LogP contribution in [0.3, 0.4) is 0 Å². The van der Waals surface area contributed by atoms with Crippen LogP contribution in [0, 0.1) is 22.7 Å². The highest BCUT2D eigenvalue weighted by molar-refractivity contribution is 5.35. The lowest BCUT2D eigenvalue weighted by Crippen LogP contribution is -3.00. The van der Waals surface area contributed by atoms with Gasteiger partial charge in [-0.15, -0.1) is 0 Å². The molecule has 0 heterocycles. The van der Waals surface area contributed by atoms with Gasteiger partial charge >= 0.3 is 0 Å². The Morgan fingerprint density at radius 3 is 1.43 bits per heavy atom. The van der Waals surface area contributed by atoms with Crippen molar-refractivity contribution in [2.45, 2.75) is 6.04 Å². The van der Waals surface area contributed by atoms with Crippen LogP contribution in [0.2, 0.25) is 0 Å². The Morgan fingerprint density at radius 1 is 0.783 bits per heavy atom. The summed E-state index contributed by atoms with van der Waals surface area (Å²) in [6.07, 6.45) is 0. The maximum Gasteiger partial charge on any atom is 0.153 e. The van der Waals surface area contributed by atoms with Crippen molar-refractivity contribution >= 4 is 0 Å². The van der Waals surface area contributed by atoms with Crippen LogP contribution < -0.4 is 27.6 Å². The molecule has 0 aliphatic carbocycles. The predicted molar refractivity (Wildman–Crippen MR) is 80.0 cm³/mol. The summed E-state index contributed by atoms with van der Waals surface area (Å²) in [5, 5.41) is 17.4. The zero-order valence-corrected chi connectivity index (χ0v) is 13.2. The zero-order valence-electron chi connectivity index (χ0n) is 12.4. The van der Waals surface area contributed by atoms with Crippen LogP contribution in [-0.4, -0.2) is 19.3 Å². The summed E-state index contributed by atoms with van der Waals surface area (Å²) < 4.78 is 11.2. The minimum Gasteiger partial charge on any atom is -1.00 e. The van der Waals surface area contributed by atoms with Gasteiger partial charge in [0.15, 0.2) is 6.04 Å². The third-order valence-electron chi connectivity index (χ3n) is 2.94. The summed E-state index contributed by atoms with van der Waals surface area (Å²) >= 11 is 0. The van der Waals surface area contributed by atoms with Gasteiger partial charge in [-0.1, -0.05) is 0 Å². The Hall–Kier alpha value is -2.73. The molecule has 23 heavy (non-hydrogen) atoms. The Labute approximate surface area is 141 Å². The lowest BCUT2D eigenvalue weighted by atomic mass is 10.2. The van der Waals surface area contributed by atoms with Gasteiger partial charge in [0.2, 0.25) is 0 Å². The van der Waals surface area contributed by atoms with Gasteiger partial charge in [-0.05, 0) is 48.5 Å². The summed E-state index contributed by atoms with van der Waals surface area (Å²) in [4.78, 5) is 0. The van der Waals surface area contributed by atoms with Gasteiger partial charge < -0.3 is 27.6 Å². The van der Waals surface area contributed by atoms with Crippen LogP contribution in [0.5, 0.6) is 11.5 Å². The molecular weight excluding hydrogens is 314 g/mol. The molecule has 0 radical (unpaired) electrons. The van der Waals surface area contributed by atoms with Crippen molar-refractivity contribution in [2.75, 3.05) is 13.2 Å². The number of nitriles is 2. The lowest BCUT2D eigenvalue weighted by molar-refractivity contribution is -0.427. The highest BCUT2D eigenvalue weighted by Gasteiger charge is 2.09. The van der Waals surface area contributed by atoms with Gasteiger partial charge in [-0.2, -0.15) is 10.5 Å². The van der Waals surface area contributed by atoms with Crippen molar-refractivity contribution in [1.82, 2.24) is 0 Å². The molecule has 0 amide bonds. The molecule has 0 fully saturated rings. The third kappa shape index (κ3) is 5.88. The van der Waals surface area contributed by atoms with Gasteiger partial charge in [0, 0.05) is 0 Å². The fraction of sp³-hybridized carbons (Fsp3) is 0.176. The fourth-order valence-corrected chi connectivity index (χ4v) is 1.73. The van der Waals surface area contributed by atoms with E-state index in [0.717, 1.165) is 0 Å². The number of ether oxygens (including phenoxy) is 2. The van der Waals surface area contributed by atoms with Gasteiger partial charge in [-0.3, -0.25) is 0 Å². The van der Waals surface area contributed by atoms with E-state index in [1.807, 2.05) is 0 Å². The molecule has 0 unspecified atom stereocenters. The lowest BCUT2D eigenvalue weighted by Gasteiger charge is -2.12. The second-order valence-electron chi connectivity index (χ2n) is 4.76. The van der Waals surface area contributed by atoms with Gasteiger partial charge in [-0.25, -0.2) is 0 Å². The average Bonchev–Trinajstić information content (AvgIpc) is 2.59. The quantitative estimate of drug-likeness (QED) is 0.698. The van der Waals surface area contributed by atoms with Crippen LogP contribution >= 0.6 is 0 Å². The van der Waals surface area contributed by atoms with Crippen LogP contribution in [0.1, 0.15) is 11.1 Å². The monoisotopic (exact) mass is 329 g/mol. The molecule has 0 bridgehead atoms. The number of hydrogen-bond acceptors (Lipinski definition) is 4. The highest BCUT2D eigenvalue weighted by atomic mass is 35.5. The normalized spacial score (nSPS) is 9.39. The largest absolute Gasteiger partial charge is 1.00 e. The first-order chi connectivity index (χ1) is 10.7. The maximum absolute atomic E-state index is 8.72. The molecule has 3 N–H and O–H groups in total. The van der Waals surface area contributed by atoms with E-state index in [0.29, 0.717) is 35.8 Å². The van der Waals surface area contributed by atoms with E-state index in [1.54, 1.807) is 48.5 Å². The van der Waals surface area contributed by atoms with E-state index in [2.05, 4.69) is 17.9 Å². The summed E-state index contributed by atoms with van der Waals surface area (Å²) in [7, 11) is 0. The molecule has 2 aromatic rings. The van der Waals surface area contributed by atoms with Crippen LogP contribution in [0.4, 0.5) is 0 Å². The van der Waals surface area contributed by atoms with Crippen LogP contribution in [0.25, 0.3) is 0 Å². The molecule has 118 valence electrons. The first-order valence-corrected chi connectivity index (χ1v) is 6.80. The van der Waals surface area contributed by atoms with E-state index in [-0.39, 0.29) is 18.4 Å². The summed E-state index contributed by atoms with van der Waals surface area (Å²) in [5.41, 5.74) is 5.18. The molecule has 0 atom stereocenters. The zero-order chi connectivity index (χ0) is 15.8. The van der Waals surface area contributed by atoms with E-state index in [1.165, 1.54) is 0 Å². The SMILES string of the molecule is N#Cc1ccc(OCC([NH3+])COc2ccc(C#N)cc2)cc1.[Cl-].